The molecule has 0 saturated carbocycles. The fraction of sp³-hybridized carbons (Fsp3) is 0.300. The number of carbonyl (C=O) groups excluding carboxylic acids is 4. The summed E-state index contributed by atoms with van der Waals surface area (Å²) >= 11 is 0. The van der Waals surface area contributed by atoms with Crippen LogP contribution in [0.1, 0.15) is 60.6 Å². The lowest BCUT2D eigenvalue weighted by Crippen LogP contribution is -2.64. The lowest BCUT2D eigenvalue weighted by molar-refractivity contribution is -0.340. The third-order valence-electron chi connectivity index (χ3n) is 12.4. The number of hydrogen-bond acceptors (Lipinski definition) is 15. The molecule has 6 aromatic carbocycles. The molecule has 0 unspecified atom stereocenters. The summed E-state index contributed by atoms with van der Waals surface area (Å²) in [5.41, 5.74) is 3.10. The molecule has 2 fully saturated rings. The zero-order valence-electron chi connectivity index (χ0n) is 41.5. The molecule has 75 heavy (non-hydrogen) atoms. The van der Waals surface area contributed by atoms with Crippen molar-refractivity contribution in [3.05, 3.63) is 228 Å². The third kappa shape index (κ3) is 15.1. The molecule has 8 rings (SSSR count). The highest BCUT2D eigenvalue weighted by Crippen LogP contribution is 2.35. The largest absolute Gasteiger partial charge is 0.463 e. The minimum atomic E-state index is -1.65. The molecule has 0 aromatic heterocycles. The van der Waals surface area contributed by atoms with Crippen LogP contribution in [0.3, 0.4) is 0 Å². The lowest BCUT2D eigenvalue weighted by Gasteiger charge is -2.47. The fourth-order valence-electron chi connectivity index (χ4n) is 8.57. The van der Waals surface area contributed by atoms with Gasteiger partial charge in [-0.25, -0.2) is 14.4 Å². The van der Waals surface area contributed by atoms with Crippen LogP contribution in [0.4, 0.5) is 0 Å². The van der Waals surface area contributed by atoms with E-state index >= 15 is 0 Å². The van der Waals surface area contributed by atoms with Crippen molar-refractivity contribution in [2.24, 2.45) is 0 Å². The van der Waals surface area contributed by atoms with Crippen LogP contribution >= 0.6 is 0 Å². The van der Waals surface area contributed by atoms with Gasteiger partial charge in [0.05, 0.1) is 43.1 Å². The minimum Gasteiger partial charge on any atom is -0.463 e. The molecule has 2 saturated heterocycles. The number of esters is 4. The second-order valence-electron chi connectivity index (χ2n) is 17.7. The van der Waals surface area contributed by atoms with Gasteiger partial charge in [-0.2, -0.15) is 0 Å². The molecule has 2 aliphatic rings. The highest BCUT2D eigenvalue weighted by atomic mass is 16.8. The zero-order valence-corrected chi connectivity index (χ0v) is 41.5. The van der Waals surface area contributed by atoms with Crippen molar-refractivity contribution in [2.75, 3.05) is 20.3 Å². The van der Waals surface area contributed by atoms with Gasteiger partial charge in [0, 0.05) is 13.5 Å². The van der Waals surface area contributed by atoms with Crippen molar-refractivity contribution in [1.82, 2.24) is 0 Å². The molecule has 15 nitrogen and oxygen atoms in total. The molecule has 0 spiro atoms. The summed E-state index contributed by atoms with van der Waals surface area (Å²) in [7, 11) is 1.49. The molecule has 15 heteroatoms. The average Bonchev–Trinajstić information content (AvgIpc) is 3.46. The molecule has 0 radical (unpaired) electrons. The Morgan fingerprint density at radius 1 is 0.440 bits per heavy atom. The molecule has 2 aliphatic heterocycles. The molecule has 2 heterocycles. The number of hydrogen-bond donors (Lipinski definition) is 0. The van der Waals surface area contributed by atoms with Gasteiger partial charge in [-0.1, -0.05) is 152 Å². The third-order valence-corrected chi connectivity index (χ3v) is 12.4. The molecule has 390 valence electrons. The summed E-state index contributed by atoms with van der Waals surface area (Å²) < 4.78 is 70.9. The Hall–Kier alpha value is -7.34. The predicted molar refractivity (Wildman–Crippen MR) is 273 cm³/mol. The van der Waals surface area contributed by atoms with E-state index in [2.05, 4.69) is 6.58 Å². The number of allylic oxidation sites excluding steroid dienone is 1. The standard InChI is InChI=1S/C60H60O15/c1-3-4-35-49(61)66-39-48-51(73-56(62)44-29-17-8-18-30-44)53(74-57(63)45-31-19-9-20-32-45)55(75-58(64)46-33-21-10-22-34-46)60(72-48)70-40-47-50(67-36-41-23-11-5-12-24-41)52(68-37-42-25-13-6-14-26-42)54(59(65-2)71-47)69-38-43-27-15-7-16-28-43/h3,5-34,47-48,50-55,59-60H,1,4,35-40H2,2H3/t47-,48-,50-,51-,52+,53+,54-,55-,59+,60-/m1/s1. The maximum absolute atomic E-state index is 14.2. The van der Waals surface area contributed by atoms with E-state index in [1.807, 2.05) is 91.0 Å². The molecule has 0 amide bonds. The number of rotatable bonds is 24. The predicted octanol–water partition coefficient (Wildman–Crippen LogP) is 9.04. The van der Waals surface area contributed by atoms with E-state index in [9.17, 15) is 19.2 Å². The van der Waals surface area contributed by atoms with Gasteiger partial charge < -0.3 is 52.1 Å². The highest BCUT2D eigenvalue weighted by Gasteiger charge is 2.55. The summed E-state index contributed by atoms with van der Waals surface area (Å²) in [6.45, 7) is 3.33. The molecular formula is C60H60O15. The second kappa shape index (κ2) is 27.8. The Labute approximate surface area is 436 Å². The minimum absolute atomic E-state index is 0.0119. The quantitative estimate of drug-likeness (QED) is 0.0319. The van der Waals surface area contributed by atoms with Gasteiger partial charge in [0.2, 0.25) is 0 Å². The summed E-state index contributed by atoms with van der Waals surface area (Å²) in [5.74, 6) is -3.13. The van der Waals surface area contributed by atoms with Crippen LogP contribution in [-0.4, -0.2) is 106 Å². The van der Waals surface area contributed by atoms with Crippen LogP contribution in [0.15, 0.2) is 195 Å². The summed E-state index contributed by atoms with van der Waals surface area (Å²) in [4.78, 5) is 55.7. The normalized spacial score (nSPS) is 23.3. The Balaban J connectivity index is 1.18. The van der Waals surface area contributed by atoms with Crippen molar-refractivity contribution in [1.29, 1.82) is 0 Å². The molecule has 0 bridgehead atoms. The first-order valence-corrected chi connectivity index (χ1v) is 24.7. The van der Waals surface area contributed by atoms with Crippen molar-refractivity contribution >= 4 is 23.9 Å². The van der Waals surface area contributed by atoms with Crippen LogP contribution in [0.5, 0.6) is 0 Å². The Morgan fingerprint density at radius 3 is 1.28 bits per heavy atom. The maximum Gasteiger partial charge on any atom is 0.338 e. The van der Waals surface area contributed by atoms with Crippen LogP contribution in [0.2, 0.25) is 0 Å². The lowest BCUT2D eigenvalue weighted by atomic mass is 9.96. The smallest absolute Gasteiger partial charge is 0.338 e. The topological polar surface area (TPSA) is 170 Å². The van der Waals surface area contributed by atoms with E-state index < -0.39 is 91.9 Å². The van der Waals surface area contributed by atoms with Crippen LogP contribution in [0.25, 0.3) is 0 Å². The van der Waals surface area contributed by atoms with Crippen LogP contribution < -0.4 is 0 Å². The molecule has 0 aliphatic carbocycles. The van der Waals surface area contributed by atoms with Crippen LogP contribution in [-0.2, 0) is 76.7 Å². The van der Waals surface area contributed by atoms with Gasteiger partial charge in [-0.15, -0.1) is 6.58 Å². The first kappa shape index (κ1) is 53.9. The van der Waals surface area contributed by atoms with Gasteiger partial charge >= 0.3 is 23.9 Å². The number of carbonyl (C=O) groups is 4. The Bertz CT molecular complexity index is 2700. The van der Waals surface area contributed by atoms with Gasteiger partial charge in [0.1, 0.15) is 37.1 Å². The summed E-state index contributed by atoms with van der Waals surface area (Å²) in [6, 6.07) is 53.3. The van der Waals surface area contributed by atoms with E-state index in [1.165, 1.54) is 7.11 Å². The van der Waals surface area contributed by atoms with E-state index in [0.29, 0.717) is 6.42 Å². The van der Waals surface area contributed by atoms with Crippen molar-refractivity contribution < 1.29 is 71.3 Å². The molecule has 0 N–H and O–H groups in total. The number of benzene rings is 6. The SMILES string of the molecule is C=CCCC(=O)OC[C@H]1O[C@@H](OC[C@H]2O[C@H](OC)[C@H](OCc3ccccc3)[C@@H](OCc3ccccc3)[C@@H]2OCc2ccccc2)[C@H](OC(=O)c2ccccc2)[C@@H](OC(=O)c2ccccc2)[C@@H]1OC(=O)c1ccccc1. The molecule has 10 atom stereocenters. The fourth-order valence-corrected chi connectivity index (χ4v) is 8.57. The van der Waals surface area contributed by atoms with Crippen molar-refractivity contribution in [3.63, 3.8) is 0 Å². The first-order chi connectivity index (χ1) is 36.8. The maximum atomic E-state index is 14.2. The first-order valence-electron chi connectivity index (χ1n) is 24.7. The van der Waals surface area contributed by atoms with Gasteiger partial charge in [-0.3, -0.25) is 4.79 Å². The number of methoxy groups -OCH3 is 1. The summed E-state index contributed by atoms with van der Waals surface area (Å²) in [6.07, 6.45) is -10.6. The van der Waals surface area contributed by atoms with Crippen LogP contribution in [0, 0.1) is 0 Å². The van der Waals surface area contributed by atoms with E-state index in [1.54, 1.807) is 97.1 Å². The number of ether oxygens (including phenoxy) is 11. The Morgan fingerprint density at radius 2 is 0.827 bits per heavy atom. The average molecular weight is 1020 g/mol. The van der Waals surface area contributed by atoms with E-state index in [0.717, 1.165) is 16.7 Å². The van der Waals surface area contributed by atoms with Gasteiger partial charge in [0.25, 0.3) is 0 Å². The zero-order chi connectivity index (χ0) is 52.2. The van der Waals surface area contributed by atoms with E-state index in [-0.39, 0.29) is 49.5 Å². The van der Waals surface area contributed by atoms with Gasteiger partial charge in [-0.05, 0) is 59.5 Å². The molecule has 6 aromatic rings. The van der Waals surface area contributed by atoms with Crippen molar-refractivity contribution in [3.8, 4) is 0 Å². The van der Waals surface area contributed by atoms with Crippen molar-refractivity contribution in [2.45, 2.75) is 94.1 Å². The monoisotopic (exact) mass is 1020 g/mol. The van der Waals surface area contributed by atoms with Gasteiger partial charge in [0.15, 0.2) is 30.9 Å². The van der Waals surface area contributed by atoms with E-state index in [4.69, 9.17) is 52.1 Å². The highest BCUT2D eigenvalue weighted by molar-refractivity contribution is 5.91. The Kier molecular flexibility index (Phi) is 20.0. The summed E-state index contributed by atoms with van der Waals surface area (Å²) in [5, 5.41) is 0. The molecular weight excluding hydrogens is 961 g/mol. The second-order valence-corrected chi connectivity index (χ2v) is 17.7.